The summed E-state index contributed by atoms with van der Waals surface area (Å²) in [5.41, 5.74) is 0. The minimum absolute atomic E-state index is 0.252. The topological polar surface area (TPSA) is 0 Å². The van der Waals surface area contributed by atoms with Crippen molar-refractivity contribution in [2.45, 2.75) is 25.1 Å². The fraction of sp³-hybridized carbons (Fsp3) is 0.714. The average molecular weight is 165 g/mol. The molecule has 0 bridgehead atoms. The van der Waals surface area contributed by atoms with Crippen molar-refractivity contribution in [2.75, 3.05) is 0 Å². The van der Waals surface area contributed by atoms with Crippen molar-refractivity contribution in [3.05, 3.63) is 11.1 Å². The third-order valence-electron chi connectivity index (χ3n) is 1.72. The van der Waals surface area contributed by atoms with Crippen molar-refractivity contribution < 1.29 is 0 Å². The Morgan fingerprint density at radius 3 is 2.78 bits per heavy atom. The van der Waals surface area contributed by atoms with Crippen LogP contribution in [0.4, 0.5) is 0 Å². The number of halogens is 2. The Kier molecular flexibility index (Phi) is 2.42. The summed E-state index contributed by atoms with van der Waals surface area (Å²) in [5.74, 6) is 0.592. The molecule has 0 spiro atoms. The highest BCUT2D eigenvalue weighted by Crippen LogP contribution is 2.29. The predicted molar refractivity (Wildman–Crippen MR) is 42.0 cm³/mol. The summed E-state index contributed by atoms with van der Waals surface area (Å²) in [7, 11) is 0. The number of hydrogen-bond acceptors (Lipinski definition) is 0. The molecule has 0 aromatic rings. The van der Waals surface area contributed by atoms with Gasteiger partial charge in [0.05, 0.1) is 0 Å². The summed E-state index contributed by atoms with van der Waals surface area (Å²) in [5, 5.41) is 1.18. The van der Waals surface area contributed by atoms with E-state index in [2.05, 4.69) is 13.0 Å². The minimum atomic E-state index is 0.252. The Bertz CT molecular complexity index is 129. The molecule has 0 saturated heterocycles. The maximum atomic E-state index is 5.94. The zero-order valence-corrected chi connectivity index (χ0v) is 6.91. The summed E-state index contributed by atoms with van der Waals surface area (Å²) >= 11 is 11.7. The number of rotatable bonds is 0. The van der Waals surface area contributed by atoms with Gasteiger partial charge >= 0.3 is 0 Å². The maximum absolute atomic E-state index is 5.94. The van der Waals surface area contributed by atoms with Crippen LogP contribution in [0.2, 0.25) is 0 Å². The molecule has 52 valence electrons. The molecule has 2 unspecified atom stereocenters. The highest BCUT2D eigenvalue weighted by molar-refractivity contribution is 6.30. The summed E-state index contributed by atoms with van der Waals surface area (Å²) in [6, 6.07) is 0. The molecule has 0 radical (unpaired) electrons. The quantitative estimate of drug-likeness (QED) is 0.483. The van der Waals surface area contributed by atoms with Crippen molar-refractivity contribution >= 4 is 23.2 Å². The van der Waals surface area contributed by atoms with Crippen LogP contribution in [0.5, 0.6) is 0 Å². The molecular weight excluding hydrogens is 155 g/mol. The van der Waals surface area contributed by atoms with Gasteiger partial charge in [0.2, 0.25) is 0 Å². The third kappa shape index (κ3) is 1.87. The van der Waals surface area contributed by atoms with Gasteiger partial charge in [-0.2, -0.15) is 0 Å². The Hall–Kier alpha value is 0.320. The number of hydrogen-bond donors (Lipinski definition) is 0. The van der Waals surface area contributed by atoms with Crippen LogP contribution in [0.15, 0.2) is 11.1 Å². The molecule has 0 N–H and O–H groups in total. The summed E-state index contributed by atoms with van der Waals surface area (Å²) in [6.07, 6.45) is 3.95. The third-order valence-corrected chi connectivity index (χ3v) is 2.61. The van der Waals surface area contributed by atoms with Crippen LogP contribution in [-0.4, -0.2) is 5.38 Å². The Morgan fingerprint density at radius 1 is 1.67 bits per heavy atom. The van der Waals surface area contributed by atoms with E-state index in [-0.39, 0.29) is 5.38 Å². The Balaban J connectivity index is 2.54. The van der Waals surface area contributed by atoms with E-state index < -0.39 is 0 Å². The van der Waals surface area contributed by atoms with Crippen molar-refractivity contribution in [1.82, 2.24) is 0 Å². The molecule has 1 rings (SSSR count). The average Bonchev–Trinajstić information content (AvgIpc) is 1.80. The highest BCUT2D eigenvalue weighted by Gasteiger charge is 2.18. The monoisotopic (exact) mass is 164 g/mol. The fourth-order valence-electron chi connectivity index (χ4n) is 0.932. The molecule has 0 amide bonds. The first-order valence-corrected chi connectivity index (χ1v) is 4.00. The van der Waals surface area contributed by atoms with Crippen molar-refractivity contribution in [2.24, 2.45) is 5.92 Å². The van der Waals surface area contributed by atoms with E-state index in [0.717, 1.165) is 17.9 Å². The van der Waals surface area contributed by atoms with E-state index in [9.17, 15) is 0 Å². The summed E-state index contributed by atoms with van der Waals surface area (Å²) < 4.78 is 0. The molecular formula is C7H10Cl2. The standard InChI is InChI=1S/C7H10Cl2/c1-5-2-3-6(8)4-7(5)9/h3,5,7H,2,4H2,1H3. The lowest BCUT2D eigenvalue weighted by Crippen LogP contribution is -2.14. The number of alkyl halides is 1. The van der Waals surface area contributed by atoms with E-state index in [0.29, 0.717) is 5.92 Å². The van der Waals surface area contributed by atoms with E-state index >= 15 is 0 Å². The zero-order chi connectivity index (χ0) is 6.85. The van der Waals surface area contributed by atoms with Crippen LogP contribution in [0.3, 0.4) is 0 Å². The van der Waals surface area contributed by atoms with Gasteiger partial charge < -0.3 is 0 Å². The summed E-state index contributed by atoms with van der Waals surface area (Å²) in [6.45, 7) is 2.15. The van der Waals surface area contributed by atoms with Gasteiger partial charge in [0, 0.05) is 10.4 Å². The van der Waals surface area contributed by atoms with Crippen LogP contribution in [0.1, 0.15) is 19.8 Å². The molecule has 0 nitrogen and oxygen atoms in total. The van der Waals surface area contributed by atoms with E-state index in [4.69, 9.17) is 23.2 Å². The van der Waals surface area contributed by atoms with E-state index in [1.807, 2.05) is 0 Å². The van der Waals surface area contributed by atoms with Crippen LogP contribution in [0.25, 0.3) is 0 Å². The van der Waals surface area contributed by atoms with E-state index in [1.165, 1.54) is 0 Å². The SMILES string of the molecule is CC1CC=C(Cl)CC1Cl. The molecule has 0 aromatic carbocycles. The molecule has 9 heavy (non-hydrogen) atoms. The Morgan fingerprint density at radius 2 is 2.33 bits per heavy atom. The first-order valence-electron chi connectivity index (χ1n) is 3.18. The molecule has 1 aliphatic rings. The smallest absolute Gasteiger partial charge is 0.0413 e. The molecule has 2 atom stereocenters. The highest BCUT2D eigenvalue weighted by atomic mass is 35.5. The molecule has 0 aromatic heterocycles. The van der Waals surface area contributed by atoms with Crippen molar-refractivity contribution in [3.63, 3.8) is 0 Å². The molecule has 0 heterocycles. The van der Waals surface area contributed by atoms with Gasteiger partial charge in [0.1, 0.15) is 0 Å². The molecule has 0 aliphatic heterocycles. The molecule has 0 fully saturated rings. The first kappa shape index (κ1) is 7.43. The van der Waals surface area contributed by atoms with Gasteiger partial charge in [-0.1, -0.05) is 24.6 Å². The van der Waals surface area contributed by atoms with Crippen LogP contribution >= 0.6 is 23.2 Å². The van der Waals surface area contributed by atoms with Crippen molar-refractivity contribution in [1.29, 1.82) is 0 Å². The lowest BCUT2D eigenvalue weighted by Gasteiger charge is -2.20. The first-order chi connectivity index (χ1) is 4.20. The fourth-order valence-corrected chi connectivity index (χ4v) is 1.54. The van der Waals surface area contributed by atoms with Gasteiger partial charge in [-0.25, -0.2) is 0 Å². The predicted octanol–water partition coefficient (Wildman–Crippen LogP) is 3.15. The van der Waals surface area contributed by atoms with E-state index in [1.54, 1.807) is 0 Å². The molecule has 1 aliphatic carbocycles. The second kappa shape index (κ2) is 2.94. The lowest BCUT2D eigenvalue weighted by atomic mass is 9.96. The van der Waals surface area contributed by atoms with Crippen LogP contribution < -0.4 is 0 Å². The normalized spacial score (nSPS) is 36.1. The van der Waals surface area contributed by atoms with Crippen LogP contribution in [0, 0.1) is 5.92 Å². The molecule has 0 saturated carbocycles. The van der Waals surface area contributed by atoms with Gasteiger partial charge in [0.15, 0.2) is 0 Å². The largest absolute Gasteiger partial charge is 0.122 e. The van der Waals surface area contributed by atoms with Gasteiger partial charge in [-0.05, 0) is 18.8 Å². The van der Waals surface area contributed by atoms with Gasteiger partial charge in [-0.15, -0.1) is 11.6 Å². The maximum Gasteiger partial charge on any atom is 0.0413 e. The molecule has 2 heteroatoms. The lowest BCUT2D eigenvalue weighted by molar-refractivity contribution is 0.531. The van der Waals surface area contributed by atoms with Crippen molar-refractivity contribution in [3.8, 4) is 0 Å². The van der Waals surface area contributed by atoms with Gasteiger partial charge in [0.25, 0.3) is 0 Å². The number of allylic oxidation sites excluding steroid dienone is 2. The summed E-state index contributed by atoms with van der Waals surface area (Å²) in [4.78, 5) is 0. The van der Waals surface area contributed by atoms with Gasteiger partial charge in [-0.3, -0.25) is 0 Å². The second-order valence-corrected chi connectivity index (χ2v) is 3.63. The van der Waals surface area contributed by atoms with Crippen LogP contribution in [-0.2, 0) is 0 Å². The zero-order valence-electron chi connectivity index (χ0n) is 5.40. The Labute approximate surface area is 65.8 Å². The second-order valence-electron chi connectivity index (χ2n) is 2.58. The minimum Gasteiger partial charge on any atom is -0.122 e.